The number of hydrogen-bond donors (Lipinski definition) is 1. The van der Waals surface area contributed by atoms with Gasteiger partial charge in [0.1, 0.15) is 12.4 Å². The van der Waals surface area contributed by atoms with Crippen LogP contribution in [0.5, 0.6) is 5.75 Å². The van der Waals surface area contributed by atoms with Crippen molar-refractivity contribution in [3.05, 3.63) is 54.4 Å². The molecule has 2 saturated heterocycles. The summed E-state index contributed by atoms with van der Waals surface area (Å²) in [5, 5.41) is 3.54. The Morgan fingerprint density at radius 1 is 1.03 bits per heavy atom. The largest absolute Gasteiger partial charge is 0.490 e. The summed E-state index contributed by atoms with van der Waals surface area (Å²) in [5.41, 5.74) is 2.43. The van der Waals surface area contributed by atoms with Crippen molar-refractivity contribution in [3.63, 3.8) is 0 Å². The van der Waals surface area contributed by atoms with Gasteiger partial charge < -0.3 is 19.7 Å². The molecule has 0 unspecified atom stereocenters. The molecule has 1 aromatic heterocycles. The predicted molar refractivity (Wildman–Crippen MR) is 121 cm³/mol. The van der Waals surface area contributed by atoms with Gasteiger partial charge >= 0.3 is 0 Å². The van der Waals surface area contributed by atoms with E-state index in [1.165, 1.54) is 43.4 Å². The van der Waals surface area contributed by atoms with Crippen LogP contribution in [0.4, 0.5) is 5.69 Å². The fraction of sp³-hybridized carbons (Fsp3) is 0.560. The lowest BCUT2D eigenvalue weighted by Crippen LogP contribution is -2.38. The van der Waals surface area contributed by atoms with Crippen LogP contribution in [0, 0.1) is 5.92 Å². The van der Waals surface area contributed by atoms with E-state index in [1.54, 1.807) is 0 Å². The molecule has 5 nitrogen and oxygen atoms in total. The maximum atomic E-state index is 6.03. The van der Waals surface area contributed by atoms with Gasteiger partial charge in [0.05, 0.1) is 24.7 Å². The molecule has 0 amide bonds. The number of ether oxygens (including phenoxy) is 2. The molecule has 162 valence electrons. The predicted octanol–water partition coefficient (Wildman–Crippen LogP) is 4.43. The van der Waals surface area contributed by atoms with Gasteiger partial charge in [-0.25, -0.2) is 0 Å². The first-order valence-corrected chi connectivity index (χ1v) is 11.5. The molecular formula is C25H35N3O2. The first kappa shape index (κ1) is 21.1. The van der Waals surface area contributed by atoms with Crippen molar-refractivity contribution in [3.8, 4) is 5.75 Å². The van der Waals surface area contributed by atoms with Crippen LogP contribution in [-0.2, 0) is 11.3 Å². The Bertz CT molecular complexity index is 741. The average Bonchev–Trinajstić information content (AvgIpc) is 2.82. The third-order valence-corrected chi connectivity index (χ3v) is 6.32. The minimum Gasteiger partial charge on any atom is -0.490 e. The molecule has 0 spiro atoms. The van der Waals surface area contributed by atoms with Crippen molar-refractivity contribution in [2.24, 2.45) is 5.92 Å². The number of nitrogens with one attached hydrogen (secondary N) is 1. The summed E-state index contributed by atoms with van der Waals surface area (Å²) in [6.07, 6.45) is 11.2. The van der Waals surface area contributed by atoms with Gasteiger partial charge in [-0.2, -0.15) is 0 Å². The molecule has 0 saturated carbocycles. The summed E-state index contributed by atoms with van der Waals surface area (Å²) >= 11 is 0. The Labute approximate surface area is 180 Å². The number of nitrogens with zero attached hydrogens (tertiary/aromatic N) is 2. The quantitative estimate of drug-likeness (QED) is 0.621. The van der Waals surface area contributed by atoms with Crippen molar-refractivity contribution in [1.82, 2.24) is 10.3 Å². The zero-order valence-electron chi connectivity index (χ0n) is 18.0. The number of rotatable bonds is 9. The number of anilines is 1. The van der Waals surface area contributed by atoms with Crippen molar-refractivity contribution in [1.29, 1.82) is 0 Å². The maximum absolute atomic E-state index is 6.03. The van der Waals surface area contributed by atoms with Crippen LogP contribution >= 0.6 is 0 Å². The van der Waals surface area contributed by atoms with Gasteiger partial charge in [-0.1, -0.05) is 36.8 Å². The molecule has 3 heterocycles. The number of benzene rings is 1. The SMILES string of the molecule is c1ccc(COCCC2CCN(c3cncc(OC[C@@H]4CCCCN4)c3)CC2)cc1. The summed E-state index contributed by atoms with van der Waals surface area (Å²) < 4.78 is 11.9. The third kappa shape index (κ3) is 6.44. The molecule has 5 heteroatoms. The van der Waals surface area contributed by atoms with Crippen molar-refractivity contribution >= 4 is 5.69 Å². The van der Waals surface area contributed by atoms with E-state index in [0.717, 1.165) is 50.9 Å². The molecular weight excluding hydrogens is 374 g/mol. The fourth-order valence-corrected chi connectivity index (χ4v) is 4.42. The van der Waals surface area contributed by atoms with Crippen LogP contribution < -0.4 is 15.0 Å². The molecule has 4 rings (SSSR count). The second-order valence-corrected chi connectivity index (χ2v) is 8.59. The molecule has 2 aromatic rings. The van der Waals surface area contributed by atoms with Gasteiger partial charge in [-0.3, -0.25) is 4.98 Å². The lowest BCUT2D eigenvalue weighted by molar-refractivity contribution is 0.104. The molecule has 2 aliphatic heterocycles. The zero-order chi connectivity index (χ0) is 20.4. The summed E-state index contributed by atoms with van der Waals surface area (Å²) in [5.74, 6) is 1.64. The maximum Gasteiger partial charge on any atom is 0.139 e. The van der Waals surface area contributed by atoms with Gasteiger partial charge in [-0.15, -0.1) is 0 Å². The van der Waals surface area contributed by atoms with Gasteiger partial charge in [0.25, 0.3) is 0 Å². The van der Waals surface area contributed by atoms with E-state index in [4.69, 9.17) is 9.47 Å². The summed E-state index contributed by atoms with van der Waals surface area (Å²) in [6.45, 7) is 5.57. The van der Waals surface area contributed by atoms with Crippen LogP contribution in [0.3, 0.4) is 0 Å². The average molecular weight is 410 g/mol. The molecule has 0 bridgehead atoms. The van der Waals surface area contributed by atoms with Crippen LogP contribution in [0.1, 0.15) is 44.1 Å². The smallest absolute Gasteiger partial charge is 0.139 e. The Morgan fingerprint density at radius 3 is 2.70 bits per heavy atom. The first-order chi connectivity index (χ1) is 14.9. The first-order valence-electron chi connectivity index (χ1n) is 11.5. The van der Waals surface area contributed by atoms with Crippen LogP contribution in [-0.4, -0.2) is 43.9 Å². The normalized spacial score (nSPS) is 20.3. The molecule has 0 radical (unpaired) electrons. The molecule has 1 N–H and O–H groups in total. The van der Waals surface area contributed by atoms with E-state index in [-0.39, 0.29) is 0 Å². The molecule has 2 fully saturated rings. The minimum atomic E-state index is 0.474. The highest BCUT2D eigenvalue weighted by Gasteiger charge is 2.20. The molecule has 1 aromatic carbocycles. The molecule has 1 atom stereocenters. The summed E-state index contributed by atoms with van der Waals surface area (Å²) in [7, 11) is 0. The Hall–Kier alpha value is -2.11. The fourth-order valence-electron chi connectivity index (χ4n) is 4.42. The van der Waals surface area contributed by atoms with Crippen LogP contribution in [0.2, 0.25) is 0 Å². The highest BCUT2D eigenvalue weighted by Crippen LogP contribution is 2.27. The van der Waals surface area contributed by atoms with Gasteiger partial charge in [0.2, 0.25) is 0 Å². The Morgan fingerprint density at radius 2 is 1.90 bits per heavy atom. The highest BCUT2D eigenvalue weighted by molar-refractivity contribution is 5.48. The van der Waals surface area contributed by atoms with Crippen molar-refractivity contribution in [2.45, 2.75) is 51.2 Å². The van der Waals surface area contributed by atoms with Gasteiger partial charge in [0, 0.05) is 31.8 Å². The lowest BCUT2D eigenvalue weighted by atomic mass is 9.94. The standard InChI is InChI=1S/C25H35N3O2/c1-2-6-22(7-3-1)19-29-15-11-21-9-13-28(14-10-21)24-16-25(18-26-17-24)30-20-23-8-4-5-12-27-23/h1-3,6-7,16-18,21,23,27H,4-5,8-15,19-20H2/t23-/m0/s1. The highest BCUT2D eigenvalue weighted by atomic mass is 16.5. The van der Waals surface area contributed by atoms with E-state index in [2.05, 4.69) is 45.5 Å². The second-order valence-electron chi connectivity index (χ2n) is 8.59. The summed E-state index contributed by atoms with van der Waals surface area (Å²) in [4.78, 5) is 6.87. The number of pyridine rings is 1. The monoisotopic (exact) mass is 409 g/mol. The molecule has 30 heavy (non-hydrogen) atoms. The Kier molecular flexibility index (Phi) is 7.98. The van der Waals surface area contributed by atoms with E-state index in [1.807, 2.05) is 18.5 Å². The molecule has 2 aliphatic rings. The summed E-state index contributed by atoms with van der Waals surface area (Å²) in [6, 6.07) is 13.0. The number of aromatic nitrogens is 1. The number of piperidine rings is 2. The van der Waals surface area contributed by atoms with E-state index in [0.29, 0.717) is 12.6 Å². The van der Waals surface area contributed by atoms with Crippen molar-refractivity contribution in [2.75, 3.05) is 37.7 Å². The zero-order valence-corrected chi connectivity index (χ0v) is 18.0. The van der Waals surface area contributed by atoms with Gasteiger partial charge in [-0.05, 0) is 50.1 Å². The van der Waals surface area contributed by atoms with E-state index in [9.17, 15) is 0 Å². The van der Waals surface area contributed by atoms with E-state index >= 15 is 0 Å². The minimum absolute atomic E-state index is 0.474. The van der Waals surface area contributed by atoms with Crippen LogP contribution in [0.15, 0.2) is 48.8 Å². The lowest BCUT2D eigenvalue weighted by Gasteiger charge is -2.33. The van der Waals surface area contributed by atoms with Gasteiger partial charge in [0.15, 0.2) is 0 Å². The molecule has 0 aliphatic carbocycles. The number of hydrogen-bond acceptors (Lipinski definition) is 5. The topological polar surface area (TPSA) is 46.6 Å². The third-order valence-electron chi connectivity index (χ3n) is 6.32. The second kappa shape index (κ2) is 11.3. The Balaban J connectivity index is 1.16. The van der Waals surface area contributed by atoms with Crippen LogP contribution in [0.25, 0.3) is 0 Å². The van der Waals surface area contributed by atoms with E-state index < -0.39 is 0 Å². The van der Waals surface area contributed by atoms with Crippen molar-refractivity contribution < 1.29 is 9.47 Å².